The van der Waals surface area contributed by atoms with Gasteiger partial charge in [0.25, 0.3) is 0 Å². The SMILES string of the molecule is O=C(O)/C=C/C=C\CO. The first kappa shape index (κ1) is 7.91. The summed E-state index contributed by atoms with van der Waals surface area (Å²) in [6.45, 7) is -0.0655. The second kappa shape index (κ2) is 5.05. The number of rotatable bonds is 3. The molecule has 0 saturated carbocycles. The maximum Gasteiger partial charge on any atom is 0.328 e. The van der Waals surface area contributed by atoms with Crippen molar-refractivity contribution in [3.05, 3.63) is 24.3 Å². The number of aliphatic carboxylic acids is 1. The molecule has 3 nitrogen and oxygen atoms in total. The second-order valence-electron chi connectivity index (χ2n) is 1.31. The second-order valence-corrected chi connectivity index (χ2v) is 1.31. The van der Waals surface area contributed by atoms with Crippen molar-refractivity contribution >= 4 is 5.97 Å². The molecule has 0 heterocycles. The van der Waals surface area contributed by atoms with Crippen molar-refractivity contribution in [2.45, 2.75) is 0 Å². The van der Waals surface area contributed by atoms with Crippen LogP contribution in [-0.2, 0) is 4.79 Å². The zero-order chi connectivity index (χ0) is 7.11. The fourth-order valence-electron chi connectivity index (χ4n) is 0.277. The van der Waals surface area contributed by atoms with Crippen molar-refractivity contribution in [2.24, 2.45) is 0 Å². The molecule has 2 N–H and O–H groups in total. The zero-order valence-corrected chi connectivity index (χ0v) is 4.82. The maximum absolute atomic E-state index is 9.78. The molecule has 0 amide bonds. The molecule has 0 unspecified atom stereocenters. The van der Waals surface area contributed by atoms with Gasteiger partial charge in [-0.1, -0.05) is 18.2 Å². The molecule has 0 fully saturated rings. The van der Waals surface area contributed by atoms with Crippen LogP contribution in [0.2, 0.25) is 0 Å². The first-order valence-electron chi connectivity index (χ1n) is 2.44. The van der Waals surface area contributed by atoms with E-state index in [9.17, 15) is 4.79 Å². The maximum atomic E-state index is 9.78. The van der Waals surface area contributed by atoms with E-state index in [2.05, 4.69) is 0 Å². The molecular weight excluding hydrogens is 120 g/mol. The number of carbonyl (C=O) groups is 1. The van der Waals surface area contributed by atoms with Crippen LogP contribution in [-0.4, -0.2) is 22.8 Å². The number of hydrogen-bond acceptors (Lipinski definition) is 2. The summed E-state index contributed by atoms with van der Waals surface area (Å²) in [7, 11) is 0. The summed E-state index contributed by atoms with van der Waals surface area (Å²) in [6, 6.07) is 0. The molecule has 0 aromatic heterocycles. The van der Waals surface area contributed by atoms with Gasteiger partial charge in [-0.25, -0.2) is 4.79 Å². The molecule has 0 aromatic carbocycles. The van der Waals surface area contributed by atoms with E-state index < -0.39 is 5.97 Å². The quantitative estimate of drug-likeness (QED) is 0.421. The number of aliphatic hydroxyl groups excluding tert-OH is 1. The third-order valence-corrected chi connectivity index (χ3v) is 0.591. The first-order chi connectivity index (χ1) is 4.27. The van der Waals surface area contributed by atoms with E-state index >= 15 is 0 Å². The summed E-state index contributed by atoms with van der Waals surface area (Å²) in [5.74, 6) is -0.988. The summed E-state index contributed by atoms with van der Waals surface area (Å²) in [4.78, 5) is 9.78. The zero-order valence-electron chi connectivity index (χ0n) is 4.82. The third kappa shape index (κ3) is 6.91. The Labute approximate surface area is 52.9 Å². The smallest absolute Gasteiger partial charge is 0.328 e. The minimum Gasteiger partial charge on any atom is -0.478 e. The monoisotopic (exact) mass is 128 g/mol. The minimum atomic E-state index is -0.988. The van der Waals surface area contributed by atoms with Gasteiger partial charge < -0.3 is 10.2 Å². The van der Waals surface area contributed by atoms with Crippen molar-refractivity contribution in [1.29, 1.82) is 0 Å². The van der Waals surface area contributed by atoms with Crippen LogP contribution in [0.4, 0.5) is 0 Å². The highest BCUT2D eigenvalue weighted by molar-refractivity contribution is 5.80. The number of aliphatic hydroxyl groups is 1. The molecule has 0 atom stereocenters. The minimum absolute atomic E-state index is 0.0655. The Morgan fingerprint density at radius 1 is 1.44 bits per heavy atom. The molecule has 0 aliphatic heterocycles. The van der Waals surface area contributed by atoms with Crippen LogP contribution in [0.5, 0.6) is 0 Å². The average molecular weight is 128 g/mol. The van der Waals surface area contributed by atoms with Gasteiger partial charge in [0.15, 0.2) is 0 Å². The van der Waals surface area contributed by atoms with Crippen LogP contribution >= 0.6 is 0 Å². The normalized spacial score (nSPS) is 11.2. The molecular formula is C6H8O3. The molecule has 9 heavy (non-hydrogen) atoms. The van der Waals surface area contributed by atoms with Gasteiger partial charge in [0.1, 0.15) is 0 Å². The Morgan fingerprint density at radius 3 is 2.56 bits per heavy atom. The summed E-state index contributed by atoms with van der Waals surface area (Å²) in [6.07, 6.45) is 5.25. The molecule has 50 valence electrons. The lowest BCUT2D eigenvalue weighted by Gasteiger charge is -1.74. The van der Waals surface area contributed by atoms with E-state index in [-0.39, 0.29) is 6.61 Å². The van der Waals surface area contributed by atoms with Gasteiger partial charge in [0.2, 0.25) is 0 Å². The number of carboxylic acids is 1. The van der Waals surface area contributed by atoms with Gasteiger partial charge in [-0.3, -0.25) is 0 Å². The Hall–Kier alpha value is -1.09. The average Bonchev–Trinajstić information content (AvgIpc) is 1.80. The van der Waals surface area contributed by atoms with E-state index in [4.69, 9.17) is 10.2 Å². The number of hydrogen-bond donors (Lipinski definition) is 2. The van der Waals surface area contributed by atoms with Crippen LogP contribution in [0.25, 0.3) is 0 Å². The molecule has 0 aliphatic rings. The van der Waals surface area contributed by atoms with E-state index in [1.54, 1.807) is 0 Å². The fourth-order valence-corrected chi connectivity index (χ4v) is 0.277. The van der Waals surface area contributed by atoms with Gasteiger partial charge in [0, 0.05) is 6.08 Å². The summed E-state index contributed by atoms with van der Waals surface area (Å²) in [5.41, 5.74) is 0. The highest BCUT2D eigenvalue weighted by Gasteiger charge is 1.79. The summed E-state index contributed by atoms with van der Waals surface area (Å²) >= 11 is 0. The molecule has 0 saturated heterocycles. The highest BCUT2D eigenvalue weighted by atomic mass is 16.4. The van der Waals surface area contributed by atoms with Crippen molar-refractivity contribution in [3.8, 4) is 0 Å². The Kier molecular flexibility index (Phi) is 4.44. The fraction of sp³-hybridized carbons (Fsp3) is 0.167. The van der Waals surface area contributed by atoms with Crippen molar-refractivity contribution < 1.29 is 15.0 Å². The van der Waals surface area contributed by atoms with Gasteiger partial charge in [-0.15, -0.1) is 0 Å². The lowest BCUT2D eigenvalue weighted by atomic mass is 10.4. The van der Waals surface area contributed by atoms with Gasteiger partial charge in [-0.05, 0) is 0 Å². The van der Waals surface area contributed by atoms with E-state index in [1.807, 2.05) is 0 Å². The number of carboxylic acid groups (broad SMARTS) is 1. The molecule has 0 spiro atoms. The lowest BCUT2D eigenvalue weighted by molar-refractivity contribution is -0.131. The molecule has 0 aromatic rings. The standard InChI is InChI=1S/C6H8O3/c7-5-3-1-2-4-6(8)9/h1-4,7H,5H2,(H,8,9)/b3-1-,4-2+. The van der Waals surface area contributed by atoms with Crippen molar-refractivity contribution in [1.82, 2.24) is 0 Å². The van der Waals surface area contributed by atoms with Gasteiger partial charge in [-0.2, -0.15) is 0 Å². The van der Waals surface area contributed by atoms with E-state index in [1.165, 1.54) is 18.2 Å². The lowest BCUT2D eigenvalue weighted by Crippen LogP contribution is -1.84. The molecule has 0 bridgehead atoms. The Balaban J connectivity index is 3.47. The van der Waals surface area contributed by atoms with Crippen LogP contribution in [0.1, 0.15) is 0 Å². The highest BCUT2D eigenvalue weighted by Crippen LogP contribution is 1.75. The van der Waals surface area contributed by atoms with Crippen LogP contribution in [0.3, 0.4) is 0 Å². The first-order valence-corrected chi connectivity index (χ1v) is 2.44. The topological polar surface area (TPSA) is 57.5 Å². The molecule has 3 heteroatoms. The predicted molar refractivity (Wildman–Crippen MR) is 33.0 cm³/mol. The van der Waals surface area contributed by atoms with Crippen LogP contribution < -0.4 is 0 Å². The summed E-state index contributed by atoms with van der Waals surface area (Å²) < 4.78 is 0. The largest absolute Gasteiger partial charge is 0.478 e. The Morgan fingerprint density at radius 2 is 2.11 bits per heavy atom. The van der Waals surface area contributed by atoms with E-state index in [0.717, 1.165) is 6.08 Å². The van der Waals surface area contributed by atoms with Crippen LogP contribution in [0.15, 0.2) is 24.3 Å². The molecule has 0 rings (SSSR count). The van der Waals surface area contributed by atoms with E-state index in [0.29, 0.717) is 0 Å². The molecule has 0 radical (unpaired) electrons. The third-order valence-electron chi connectivity index (χ3n) is 0.591. The van der Waals surface area contributed by atoms with Gasteiger partial charge in [0.05, 0.1) is 6.61 Å². The van der Waals surface area contributed by atoms with Crippen molar-refractivity contribution in [2.75, 3.05) is 6.61 Å². The Bertz CT molecular complexity index is 135. The van der Waals surface area contributed by atoms with Crippen LogP contribution in [0, 0.1) is 0 Å². The predicted octanol–water partition coefficient (Wildman–Crippen LogP) is 0.176. The number of allylic oxidation sites excluding steroid dienone is 2. The van der Waals surface area contributed by atoms with Crippen molar-refractivity contribution in [3.63, 3.8) is 0 Å². The van der Waals surface area contributed by atoms with Gasteiger partial charge >= 0.3 is 5.97 Å². The molecule has 0 aliphatic carbocycles. The summed E-state index contributed by atoms with van der Waals surface area (Å²) in [5, 5.41) is 16.2.